The third-order valence-electron chi connectivity index (χ3n) is 8.01. The summed E-state index contributed by atoms with van der Waals surface area (Å²) < 4.78 is 8.41. The van der Waals surface area contributed by atoms with Gasteiger partial charge in [-0.2, -0.15) is 0 Å². The first-order chi connectivity index (χ1) is 17.7. The number of aryl methyl sites for hydroxylation is 1. The lowest BCUT2D eigenvalue weighted by atomic mass is 9.92. The molecule has 0 unspecified atom stereocenters. The fraction of sp³-hybridized carbons (Fsp3) is 0.567. The van der Waals surface area contributed by atoms with Crippen LogP contribution < -0.4 is 4.74 Å². The lowest BCUT2D eigenvalue weighted by Crippen LogP contribution is -2.37. The van der Waals surface area contributed by atoms with Crippen LogP contribution in [0.5, 0.6) is 5.75 Å². The number of fused-ring (bicyclic) bond motifs is 1. The van der Waals surface area contributed by atoms with E-state index in [-0.39, 0.29) is 0 Å². The molecule has 0 N–H and O–H groups in total. The SMILES string of the molecule is Clc1ccc(OCc2nc3ccccc3n2CCCC2CCN(CCCN3CCCCC3)CC2)cc1. The molecule has 0 radical (unpaired) electrons. The van der Waals surface area contributed by atoms with Crippen molar-refractivity contribution in [2.45, 2.75) is 64.5 Å². The van der Waals surface area contributed by atoms with E-state index in [4.69, 9.17) is 21.3 Å². The van der Waals surface area contributed by atoms with Gasteiger partial charge in [0.05, 0.1) is 11.0 Å². The van der Waals surface area contributed by atoms with Gasteiger partial charge in [-0.25, -0.2) is 4.98 Å². The van der Waals surface area contributed by atoms with E-state index in [1.54, 1.807) is 0 Å². The summed E-state index contributed by atoms with van der Waals surface area (Å²) in [4.78, 5) is 10.3. The number of benzene rings is 2. The Morgan fingerprint density at radius 2 is 1.53 bits per heavy atom. The smallest absolute Gasteiger partial charge is 0.147 e. The van der Waals surface area contributed by atoms with Gasteiger partial charge in [-0.15, -0.1) is 0 Å². The summed E-state index contributed by atoms with van der Waals surface area (Å²) in [5.41, 5.74) is 2.25. The van der Waals surface area contributed by atoms with Crippen molar-refractivity contribution in [3.05, 3.63) is 59.4 Å². The van der Waals surface area contributed by atoms with Crippen molar-refractivity contribution in [3.8, 4) is 5.75 Å². The van der Waals surface area contributed by atoms with Crippen LogP contribution in [0.1, 0.15) is 57.2 Å². The van der Waals surface area contributed by atoms with Crippen molar-refractivity contribution in [2.24, 2.45) is 5.92 Å². The van der Waals surface area contributed by atoms with E-state index in [2.05, 4.69) is 38.6 Å². The second-order valence-corrected chi connectivity index (χ2v) is 11.0. The van der Waals surface area contributed by atoms with Crippen molar-refractivity contribution >= 4 is 22.6 Å². The normalized spacial score (nSPS) is 18.1. The van der Waals surface area contributed by atoms with E-state index < -0.39 is 0 Å². The van der Waals surface area contributed by atoms with Crippen LogP contribution in [-0.4, -0.2) is 58.6 Å². The molecule has 0 spiro atoms. The van der Waals surface area contributed by atoms with Crippen LogP contribution in [0.15, 0.2) is 48.5 Å². The molecular formula is C30H41ClN4O. The summed E-state index contributed by atoms with van der Waals surface area (Å²) in [7, 11) is 0. The minimum atomic E-state index is 0.464. The minimum absolute atomic E-state index is 0.464. The van der Waals surface area contributed by atoms with E-state index in [0.29, 0.717) is 6.61 Å². The van der Waals surface area contributed by atoms with Gasteiger partial charge in [0.25, 0.3) is 0 Å². The topological polar surface area (TPSA) is 33.5 Å². The Morgan fingerprint density at radius 1 is 0.806 bits per heavy atom. The molecule has 0 saturated carbocycles. The summed E-state index contributed by atoms with van der Waals surface area (Å²) in [6, 6.07) is 16.0. The third-order valence-corrected chi connectivity index (χ3v) is 8.27. The number of para-hydroxylation sites is 2. The summed E-state index contributed by atoms with van der Waals surface area (Å²) in [5, 5.41) is 0.720. The molecule has 0 aliphatic carbocycles. The Labute approximate surface area is 221 Å². The lowest BCUT2D eigenvalue weighted by molar-refractivity contribution is 0.159. The molecule has 0 atom stereocenters. The Morgan fingerprint density at radius 3 is 2.31 bits per heavy atom. The molecule has 5 rings (SSSR count). The fourth-order valence-corrected chi connectivity index (χ4v) is 6.03. The number of hydrogen-bond donors (Lipinski definition) is 0. The summed E-state index contributed by atoms with van der Waals surface area (Å²) in [6.07, 6.45) is 10.7. The first kappa shape index (κ1) is 25.6. The Bertz CT molecular complexity index is 1070. The quantitative estimate of drug-likeness (QED) is 0.291. The van der Waals surface area contributed by atoms with E-state index in [0.717, 1.165) is 34.6 Å². The van der Waals surface area contributed by atoms with E-state index in [1.165, 1.54) is 96.2 Å². The van der Waals surface area contributed by atoms with Crippen LogP contribution in [-0.2, 0) is 13.2 Å². The molecule has 36 heavy (non-hydrogen) atoms. The molecule has 0 amide bonds. The Kier molecular flexibility index (Phi) is 9.19. The van der Waals surface area contributed by atoms with Crippen LogP contribution in [0.25, 0.3) is 11.0 Å². The molecule has 194 valence electrons. The zero-order chi connectivity index (χ0) is 24.6. The first-order valence-corrected chi connectivity index (χ1v) is 14.4. The highest BCUT2D eigenvalue weighted by molar-refractivity contribution is 6.30. The van der Waals surface area contributed by atoms with Gasteiger partial charge in [0.2, 0.25) is 0 Å². The number of likely N-dealkylation sites (tertiary alicyclic amines) is 2. The molecule has 0 bridgehead atoms. The molecule has 1 aromatic heterocycles. The van der Waals surface area contributed by atoms with Gasteiger partial charge in [-0.3, -0.25) is 0 Å². The highest BCUT2D eigenvalue weighted by Crippen LogP contribution is 2.25. The van der Waals surface area contributed by atoms with E-state index >= 15 is 0 Å². The second-order valence-electron chi connectivity index (χ2n) is 10.6. The number of halogens is 1. The van der Waals surface area contributed by atoms with Crippen LogP contribution >= 0.6 is 11.6 Å². The molecule has 5 nitrogen and oxygen atoms in total. The van der Waals surface area contributed by atoms with Gasteiger partial charge in [0.1, 0.15) is 18.2 Å². The monoisotopic (exact) mass is 508 g/mol. The van der Waals surface area contributed by atoms with Crippen LogP contribution in [0, 0.1) is 5.92 Å². The predicted molar refractivity (Wildman–Crippen MR) is 149 cm³/mol. The maximum atomic E-state index is 6.05. The molecule has 3 heterocycles. The fourth-order valence-electron chi connectivity index (χ4n) is 5.90. The van der Waals surface area contributed by atoms with Gasteiger partial charge in [-0.05, 0) is 127 Å². The molecule has 2 aliphatic heterocycles. The molecule has 3 aromatic rings. The number of ether oxygens (including phenoxy) is 1. The minimum Gasteiger partial charge on any atom is -0.486 e. The van der Waals surface area contributed by atoms with Gasteiger partial charge in [0, 0.05) is 11.6 Å². The summed E-state index contributed by atoms with van der Waals surface area (Å²) in [5.74, 6) is 2.67. The van der Waals surface area contributed by atoms with Crippen LogP contribution in [0.3, 0.4) is 0 Å². The van der Waals surface area contributed by atoms with Gasteiger partial charge in [-0.1, -0.05) is 30.2 Å². The third kappa shape index (κ3) is 7.02. The molecule has 2 fully saturated rings. The highest BCUT2D eigenvalue weighted by Gasteiger charge is 2.20. The van der Waals surface area contributed by atoms with E-state index in [9.17, 15) is 0 Å². The van der Waals surface area contributed by atoms with Crippen molar-refractivity contribution in [3.63, 3.8) is 0 Å². The van der Waals surface area contributed by atoms with Gasteiger partial charge in [0.15, 0.2) is 0 Å². The maximum absolute atomic E-state index is 6.05. The predicted octanol–water partition coefficient (Wildman–Crippen LogP) is 6.64. The number of nitrogens with zero attached hydrogens (tertiary/aromatic N) is 4. The number of rotatable bonds is 11. The van der Waals surface area contributed by atoms with Crippen LogP contribution in [0.4, 0.5) is 0 Å². The van der Waals surface area contributed by atoms with Gasteiger partial charge >= 0.3 is 0 Å². The first-order valence-electron chi connectivity index (χ1n) is 14.0. The molecule has 2 saturated heterocycles. The average molecular weight is 509 g/mol. The molecule has 2 aromatic carbocycles. The molecule has 2 aliphatic rings. The van der Waals surface area contributed by atoms with E-state index in [1.807, 2.05) is 24.3 Å². The lowest BCUT2D eigenvalue weighted by Gasteiger charge is -2.33. The molecular weight excluding hydrogens is 468 g/mol. The van der Waals surface area contributed by atoms with Crippen molar-refractivity contribution in [2.75, 3.05) is 39.3 Å². The Balaban J connectivity index is 1.07. The number of aromatic nitrogens is 2. The zero-order valence-electron chi connectivity index (χ0n) is 21.6. The maximum Gasteiger partial charge on any atom is 0.147 e. The van der Waals surface area contributed by atoms with Crippen molar-refractivity contribution in [1.29, 1.82) is 0 Å². The summed E-state index contributed by atoms with van der Waals surface area (Å²) >= 11 is 6.01. The molecule has 6 heteroatoms. The zero-order valence-corrected chi connectivity index (χ0v) is 22.3. The number of hydrogen-bond acceptors (Lipinski definition) is 4. The highest BCUT2D eigenvalue weighted by atomic mass is 35.5. The number of imidazole rings is 1. The van der Waals surface area contributed by atoms with Crippen molar-refractivity contribution in [1.82, 2.24) is 19.4 Å². The van der Waals surface area contributed by atoms with Gasteiger partial charge < -0.3 is 19.1 Å². The van der Waals surface area contributed by atoms with Crippen LogP contribution in [0.2, 0.25) is 5.02 Å². The standard InChI is InChI=1S/C30H41ClN4O/c31-26-11-13-27(14-12-26)36-24-30-32-28-9-2-3-10-29(28)35(30)21-6-8-25-15-22-34(23-16-25)20-7-19-33-17-4-1-5-18-33/h2-3,9-14,25H,1,4-8,15-24H2. The largest absolute Gasteiger partial charge is 0.486 e. The number of piperidine rings is 2. The van der Waals surface area contributed by atoms with Crippen molar-refractivity contribution < 1.29 is 4.74 Å². The average Bonchev–Trinajstić information content (AvgIpc) is 3.27. The second kappa shape index (κ2) is 12.9. The summed E-state index contributed by atoms with van der Waals surface area (Å²) in [6.45, 7) is 9.23. The Hall–Kier alpha value is -2.08.